The number of hydrogen-bond donors (Lipinski definition) is 0. The molecule has 2 unspecified atom stereocenters. The molecular formula is C8H8Br2F2. The second-order valence-corrected chi connectivity index (χ2v) is 6.68. The Hall–Kier alpha value is 0.820. The summed E-state index contributed by atoms with van der Waals surface area (Å²) in [6.45, 7) is 0. The predicted octanol–water partition coefficient (Wildman–Crippen LogP) is 3.39. The quantitative estimate of drug-likeness (QED) is 0.602. The summed E-state index contributed by atoms with van der Waals surface area (Å²) in [6, 6.07) is 0. The normalized spacial score (nSPS) is 73.0. The van der Waals surface area contributed by atoms with Crippen molar-refractivity contribution in [3.05, 3.63) is 0 Å². The van der Waals surface area contributed by atoms with E-state index in [4.69, 9.17) is 0 Å². The van der Waals surface area contributed by atoms with Crippen molar-refractivity contribution in [3.8, 4) is 0 Å². The van der Waals surface area contributed by atoms with Gasteiger partial charge < -0.3 is 0 Å². The van der Waals surface area contributed by atoms with Crippen molar-refractivity contribution in [1.82, 2.24) is 0 Å². The van der Waals surface area contributed by atoms with E-state index in [-0.39, 0.29) is 23.7 Å². The average molecular weight is 302 g/mol. The van der Waals surface area contributed by atoms with Crippen LogP contribution in [-0.4, -0.2) is 9.16 Å². The largest absolute Gasteiger partial charge is 0.231 e. The maximum Gasteiger partial charge on any atom is 0.171 e. The van der Waals surface area contributed by atoms with Gasteiger partial charge in [-0.1, -0.05) is 0 Å². The molecule has 4 heteroatoms. The molecule has 0 amide bonds. The van der Waals surface area contributed by atoms with E-state index in [1.165, 1.54) is 0 Å². The fourth-order valence-corrected chi connectivity index (χ4v) is 4.51. The van der Waals surface area contributed by atoms with Gasteiger partial charge in [-0.3, -0.25) is 0 Å². The predicted molar refractivity (Wildman–Crippen MR) is 48.7 cm³/mol. The zero-order valence-electron chi connectivity index (χ0n) is 6.24. The fourth-order valence-electron chi connectivity index (χ4n) is 2.75. The van der Waals surface area contributed by atoms with E-state index in [1.54, 1.807) is 0 Å². The molecule has 3 aliphatic rings. The summed E-state index contributed by atoms with van der Waals surface area (Å²) < 4.78 is 24.5. The third-order valence-electron chi connectivity index (χ3n) is 3.75. The highest BCUT2D eigenvalue weighted by molar-refractivity contribution is 9.10. The van der Waals surface area contributed by atoms with Crippen LogP contribution in [0.15, 0.2) is 0 Å². The fraction of sp³-hybridized carbons (Fsp3) is 1.00. The molecule has 0 aliphatic heterocycles. The molecule has 0 N–H and O–H groups in total. The van der Waals surface area contributed by atoms with Crippen molar-refractivity contribution in [2.75, 3.05) is 0 Å². The van der Waals surface area contributed by atoms with E-state index < -0.39 is 9.16 Å². The standard InChI is InChI=1S/C8H8Br2F2/c9-7(11)3-1-4-6(2-5(3)7)8(4,10)12/h3-6H,1-2H2/t3-,4-,5+,6+,7?,8?. The van der Waals surface area contributed by atoms with Gasteiger partial charge >= 0.3 is 0 Å². The van der Waals surface area contributed by atoms with Gasteiger partial charge in [0.05, 0.1) is 0 Å². The minimum Gasteiger partial charge on any atom is -0.231 e. The molecule has 3 saturated carbocycles. The highest BCUT2D eigenvalue weighted by atomic mass is 79.9. The maximum atomic E-state index is 13.4. The zero-order valence-corrected chi connectivity index (χ0v) is 9.41. The van der Waals surface area contributed by atoms with E-state index >= 15 is 0 Å². The highest BCUT2D eigenvalue weighted by Gasteiger charge is 2.78. The van der Waals surface area contributed by atoms with Crippen molar-refractivity contribution >= 4 is 31.9 Å². The van der Waals surface area contributed by atoms with Gasteiger partial charge in [-0.05, 0) is 44.7 Å². The Kier molecular flexibility index (Phi) is 1.31. The summed E-state index contributed by atoms with van der Waals surface area (Å²) >= 11 is 6.12. The molecule has 0 aromatic rings. The van der Waals surface area contributed by atoms with Crippen LogP contribution in [0.25, 0.3) is 0 Å². The number of rotatable bonds is 0. The van der Waals surface area contributed by atoms with E-state index in [2.05, 4.69) is 31.9 Å². The molecular weight excluding hydrogens is 294 g/mol. The van der Waals surface area contributed by atoms with Crippen LogP contribution in [0.4, 0.5) is 8.78 Å². The molecule has 3 rings (SSSR count). The summed E-state index contributed by atoms with van der Waals surface area (Å²) in [6.07, 6.45) is 1.41. The summed E-state index contributed by atoms with van der Waals surface area (Å²) in [5.74, 6) is 0.311. The molecule has 3 aliphatic carbocycles. The average Bonchev–Trinajstić information content (AvgIpc) is 2.72. The lowest BCUT2D eigenvalue weighted by Crippen LogP contribution is -1.97. The van der Waals surface area contributed by atoms with Gasteiger partial charge in [-0.2, -0.15) is 0 Å². The molecule has 0 radical (unpaired) electrons. The second-order valence-electron chi connectivity index (χ2n) is 4.25. The molecule has 0 spiro atoms. The Balaban J connectivity index is 1.80. The van der Waals surface area contributed by atoms with Crippen LogP contribution >= 0.6 is 31.9 Å². The topological polar surface area (TPSA) is 0 Å². The van der Waals surface area contributed by atoms with Gasteiger partial charge in [-0.15, -0.1) is 0 Å². The summed E-state index contributed by atoms with van der Waals surface area (Å²) in [5.41, 5.74) is 0. The molecule has 6 atom stereocenters. The lowest BCUT2D eigenvalue weighted by Gasteiger charge is -2.01. The van der Waals surface area contributed by atoms with Gasteiger partial charge in [-0.25, -0.2) is 8.78 Å². The van der Waals surface area contributed by atoms with Crippen molar-refractivity contribution < 1.29 is 8.78 Å². The Morgan fingerprint density at radius 2 is 1.08 bits per heavy atom. The first-order valence-electron chi connectivity index (χ1n) is 4.21. The monoisotopic (exact) mass is 300 g/mol. The van der Waals surface area contributed by atoms with Gasteiger partial charge in [0.15, 0.2) is 9.16 Å². The number of fused-ring (bicyclic) bond motifs is 2. The lowest BCUT2D eigenvalue weighted by atomic mass is 10.0. The van der Waals surface area contributed by atoms with Crippen LogP contribution in [0.2, 0.25) is 0 Å². The summed E-state index contributed by atoms with van der Waals surface area (Å²) in [5, 5.41) is 0. The first-order chi connectivity index (χ1) is 5.45. The molecule has 0 saturated heterocycles. The van der Waals surface area contributed by atoms with Crippen molar-refractivity contribution in [1.29, 1.82) is 0 Å². The van der Waals surface area contributed by atoms with E-state index in [1.807, 2.05) is 0 Å². The Bertz CT molecular complexity index is 205. The first kappa shape index (κ1) is 8.16. The summed E-state index contributed by atoms with van der Waals surface area (Å²) in [4.78, 5) is 0. The molecule has 3 fully saturated rings. The van der Waals surface area contributed by atoms with Crippen LogP contribution in [0.5, 0.6) is 0 Å². The molecule has 0 bridgehead atoms. The Labute approximate surface area is 86.3 Å². The molecule has 0 aromatic carbocycles. The minimum absolute atomic E-state index is 0.0777. The van der Waals surface area contributed by atoms with Crippen molar-refractivity contribution in [3.63, 3.8) is 0 Å². The molecule has 0 aromatic heterocycles. The first-order valence-corrected chi connectivity index (χ1v) is 5.80. The SMILES string of the molecule is FC1(Br)[C@@H]2C[C@@H]3[C@H](C[C@@H]21)C3(F)Br. The minimum atomic E-state index is -1.15. The molecule has 0 heterocycles. The molecule has 0 nitrogen and oxygen atoms in total. The molecule has 68 valence electrons. The van der Waals surface area contributed by atoms with Crippen LogP contribution in [0, 0.1) is 23.7 Å². The highest BCUT2D eigenvalue weighted by Crippen LogP contribution is 2.77. The third kappa shape index (κ3) is 0.770. The van der Waals surface area contributed by atoms with Crippen molar-refractivity contribution in [2.24, 2.45) is 23.7 Å². The maximum absolute atomic E-state index is 13.4. The smallest absolute Gasteiger partial charge is 0.171 e. The number of halogens is 4. The van der Waals surface area contributed by atoms with E-state index in [9.17, 15) is 8.78 Å². The third-order valence-corrected chi connectivity index (χ3v) is 6.10. The van der Waals surface area contributed by atoms with Crippen LogP contribution in [0.3, 0.4) is 0 Å². The lowest BCUT2D eigenvalue weighted by molar-refractivity contribution is 0.356. The Morgan fingerprint density at radius 1 is 0.833 bits per heavy atom. The zero-order chi connectivity index (χ0) is 8.72. The van der Waals surface area contributed by atoms with Gasteiger partial charge in [0.2, 0.25) is 0 Å². The van der Waals surface area contributed by atoms with Crippen LogP contribution in [-0.2, 0) is 0 Å². The Morgan fingerprint density at radius 3 is 1.33 bits per heavy atom. The van der Waals surface area contributed by atoms with Crippen LogP contribution in [0.1, 0.15) is 12.8 Å². The van der Waals surface area contributed by atoms with E-state index in [0.29, 0.717) is 12.8 Å². The van der Waals surface area contributed by atoms with Gasteiger partial charge in [0, 0.05) is 23.7 Å². The second kappa shape index (κ2) is 1.92. The van der Waals surface area contributed by atoms with Gasteiger partial charge in [0.1, 0.15) is 0 Å². The van der Waals surface area contributed by atoms with Crippen molar-refractivity contribution in [2.45, 2.75) is 22.0 Å². The molecule has 12 heavy (non-hydrogen) atoms. The van der Waals surface area contributed by atoms with E-state index in [0.717, 1.165) is 0 Å². The summed E-state index contributed by atoms with van der Waals surface area (Å²) in [7, 11) is 0. The van der Waals surface area contributed by atoms with Gasteiger partial charge in [0.25, 0.3) is 0 Å². The van der Waals surface area contributed by atoms with Crippen LogP contribution < -0.4 is 0 Å². The number of alkyl halides is 4. The number of hydrogen-bond acceptors (Lipinski definition) is 0.